The predicted octanol–water partition coefficient (Wildman–Crippen LogP) is 6.02. The minimum Gasteiger partial charge on any atom is -0.385 e. The Morgan fingerprint density at radius 1 is 1.14 bits per heavy atom. The monoisotopic (exact) mass is 352 g/mol. The van der Waals surface area contributed by atoms with E-state index in [9.17, 15) is 5.11 Å². The summed E-state index contributed by atoms with van der Waals surface area (Å²) in [6, 6.07) is 4.32. The van der Waals surface area contributed by atoms with Crippen LogP contribution in [-0.4, -0.2) is 5.11 Å². The van der Waals surface area contributed by atoms with Crippen molar-refractivity contribution in [1.82, 2.24) is 0 Å². The third kappa shape index (κ3) is 4.10. The van der Waals surface area contributed by atoms with E-state index in [0.29, 0.717) is 0 Å². The van der Waals surface area contributed by atoms with Crippen LogP contribution in [0.1, 0.15) is 75.0 Å². The van der Waals surface area contributed by atoms with Crippen molar-refractivity contribution >= 4 is 15.9 Å². The van der Waals surface area contributed by atoms with Gasteiger partial charge >= 0.3 is 0 Å². The summed E-state index contributed by atoms with van der Waals surface area (Å²) in [7, 11) is 0. The van der Waals surface area contributed by atoms with E-state index < -0.39 is 5.60 Å². The van der Waals surface area contributed by atoms with Gasteiger partial charge in [-0.2, -0.15) is 0 Å². The number of unbranched alkanes of at least 4 members (excludes halogenated alkanes) is 2. The second-order valence-corrected chi connectivity index (χ2v) is 7.69. The van der Waals surface area contributed by atoms with Crippen molar-refractivity contribution in [1.29, 1.82) is 0 Å². The Morgan fingerprint density at radius 2 is 1.71 bits per heavy atom. The van der Waals surface area contributed by atoms with Crippen LogP contribution in [0, 0.1) is 19.8 Å². The van der Waals surface area contributed by atoms with E-state index in [1.807, 2.05) is 0 Å². The maximum atomic E-state index is 11.1. The van der Waals surface area contributed by atoms with Crippen LogP contribution in [0.5, 0.6) is 0 Å². The number of rotatable bonds is 5. The fourth-order valence-electron chi connectivity index (χ4n) is 3.63. The van der Waals surface area contributed by atoms with Gasteiger partial charge in [-0.1, -0.05) is 60.7 Å². The normalized spacial score (nSPS) is 26.0. The maximum Gasteiger partial charge on any atom is 0.0897 e. The summed E-state index contributed by atoms with van der Waals surface area (Å²) in [6.45, 7) is 6.48. The lowest BCUT2D eigenvalue weighted by molar-refractivity contribution is -0.0155. The van der Waals surface area contributed by atoms with E-state index in [-0.39, 0.29) is 0 Å². The van der Waals surface area contributed by atoms with E-state index in [4.69, 9.17) is 0 Å². The first kappa shape index (κ1) is 17.0. The molecule has 2 rings (SSSR count). The standard InChI is InChI=1S/C19H29BrO/c1-4-5-6-7-16-8-10-19(21,11-9-16)17-12-14(2)18(20)15(3)13-17/h12-13,16,21H,4-11H2,1-3H3. The molecule has 0 atom stereocenters. The second-order valence-electron chi connectivity index (χ2n) is 6.89. The lowest BCUT2D eigenvalue weighted by Crippen LogP contribution is -2.31. The van der Waals surface area contributed by atoms with Gasteiger partial charge < -0.3 is 5.11 Å². The van der Waals surface area contributed by atoms with Crippen LogP contribution >= 0.6 is 15.9 Å². The highest BCUT2D eigenvalue weighted by Crippen LogP contribution is 2.42. The fourth-order valence-corrected chi connectivity index (χ4v) is 3.86. The molecule has 2 heteroatoms. The van der Waals surface area contributed by atoms with Crippen LogP contribution in [0.15, 0.2) is 16.6 Å². The Hall–Kier alpha value is -0.340. The molecule has 0 radical (unpaired) electrons. The number of aliphatic hydroxyl groups is 1. The average molecular weight is 353 g/mol. The van der Waals surface area contributed by atoms with E-state index in [2.05, 4.69) is 48.8 Å². The van der Waals surface area contributed by atoms with Crippen molar-refractivity contribution in [3.05, 3.63) is 33.3 Å². The number of aryl methyl sites for hydroxylation is 2. The minimum atomic E-state index is -0.600. The molecule has 1 aliphatic carbocycles. The van der Waals surface area contributed by atoms with E-state index in [0.717, 1.165) is 24.3 Å². The molecule has 1 aromatic rings. The van der Waals surface area contributed by atoms with Crippen molar-refractivity contribution in [3.63, 3.8) is 0 Å². The summed E-state index contributed by atoms with van der Waals surface area (Å²) in [4.78, 5) is 0. The van der Waals surface area contributed by atoms with Gasteiger partial charge in [0.1, 0.15) is 0 Å². The number of hydrogen-bond acceptors (Lipinski definition) is 1. The van der Waals surface area contributed by atoms with Gasteiger partial charge in [-0.3, -0.25) is 0 Å². The average Bonchev–Trinajstić information content (AvgIpc) is 2.46. The van der Waals surface area contributed by atoms with Crippen molar-refractivity contribution < 1.29 is 5.11 Å². The molecule has 1 fully saturated rings. The molecule has 118 valence electrons. The lowest BCUT2D eigenvalue weighted by atomic mass is 9.73. The molecule has 0 unspecified atom stereocenters. The first-order valence-electron chi connectivity index (χ1n) is 8.46. The zero-order valence-corrected chi connectivity index (χ0v) is 15.3. The summed E-state index contributed by atoms with van der Waals surface area (Å²) in [6.07, 6.45) is 9.55. The van der Waals surface area contributed by atoms with Crippen LogP contribution < -0.4 is 0 Å². The topological polar surface area (TPSA) is 20.2 Å². The molecule has 0 bridgehead atoms. The SMILES string of the molecule is CCCCCC1CCC(O)(c2cc(C)c(Br)c(C)c2)CC1. The van der Waals surface area contributed by atoms with Gasteiger partial charge in [0, 0.05) is 4.47 Å². The summed E-state index contributed by atoms with van der Waals surface area (Å²) in [5.74, 6) is 0.828. The molecular weight excluding hydrogens is 324 g/mol. The molecule has 0 saturated heterocycles. The fraction of sp³-hybridized carbons (Fsp3) is 0.684. The third-order valence-electron chi connectivity index (χ3n) is 5.12. The molecule has 0 aromatic heterocycles. The van der Waals surface area contributed by atoms with Gasteiger partial charge in [-0.05, 0) is 62.1 Å². The van der Waals surface area contributed by atoms with Gasteiger partial charge in [0.2, 0.25) is 0 Å². The first-order chi connectivity index (χ1) is 9.96. The second kappa shape index (κ2) is 7.28. The summed E-state index contributed by atoms with van der Waals surface area (Å²) in [5.41, 5.74) is 2.97. The van der Waals surface area contributed by atoms with Crippen LogP contribution in [0.2, 0.25) is 0 Å². The largest absolute Gasteiger partial charge is 0.385 e. The first-order valence-corrected chi connectivity index (χ1v) is 9.25. The summed E-state index contributed by atoms with van der Waals surface area (Å²) < 4.78 is 1.17. The Labute approximate surface area is 138 Å². The Kier molecular flexibility index (Phi) is 5.90. The van der Waals surface area contributed by atoms with Crippen LogP contribution in [0.25, 0.3) is 0 Å². The number of halogens is 1. The molecule has 1 nitrogen and oxygen atoms in total. The van der Waals surface area contributed by atoms with Gasteiger partial charge in [-0.25, -0.2) is 0 Å². The number of benzene rings is 1. The van der Waals surface area contributed by atoms with Crippen LogP contribution in [0.3, 0.4) is 0 Å². The predicted molar refractivity (Wildman–Crippen MR) is 93.6 cm³/mol. The minimum absolute atomic E-state index is 0.600. The summed E-state index contributed by atoms with van der Waals surface area (Å²) in [5, 5.41) is 11.1. The highest BCUT2D eigenvalue weighted by Gasteiger charge is 2.34. The van der Waals surface area contributed by atoms with E-state index >= 15 is 0 Å². The van der Waals surface area contributed by atoms with Gasteiger partial charge in [0.25, 0.3) is 0 Å². The van der Waals surface area contributed by atoms with Gasteiger partial charge in [-0.15, -0.1) is 0 Å². The number of hydrogen-bond donors (Lipinski definition) is 1. The molecule has 0 aliphatic heterocycles. The highest BCUT2D eigenvalue weighted by atomic mass is 79.9. The highest BCUT2D eigenvalue weighted by molar-refractivity contribution is 9.10. The Bertz CT molecular complexity index is 449. The lowest BCUT2D eigenvalue weighted by Gasteiger charge is -2.37. The van der Waals surface area contributed by atoms with Crippen LogP contribution in [-0.2, 0) is 5.60 Å². The maximum absolute atomic E-state index is 11.1. The smallest absolute Gasteiger partial charge is 0.0897 e. The molecule has 0 spiro atoms. The quantitative estimate of drug-likeness (QED) is 0.641. The zero-order valence-electron chi connectivity index (χ0n) is 13.7. The molecule has 0 heterocycles. The van der Waals surface area contributed by atoms with Crippen molar-refractivity contribution in [3.8, 4) is 0 Å². The van der Waals surface area contributed by atoms with Crippen molar-refractivity contribution in [2.75, 3.05) is 0 Å². The molecule has 1 aliphatic rings. The molecule has 0 amide bonds. The Balaban J connectivity index is 2.02. The Morgan fingerprint density at radius 3 is 2.24 bits per heavy atom. The zero-order chi connectivity index (χ0) is 15.5. The molecular formula is C19H29BrO. The molecule has 1 aromatic carbocycles. The van der Waals surface area contributed by atoms with E-state index in [1.54, 1.807) is 0 Å². The van der Waals surface area contributed by atoms with E-state index in [1.165, 1.54) is 54.1 Å². The summed E-state index contributed by atoms with van der Waals surface area (Å²) >= 11 is 3.62. The van der Waals surface area contributed by atoms with Crippen LogP contribution in [0.4, 0.5) is 0 Å². The molecule has 21 heavy (non-hydrogen) atoms. The third-order valence-corrected chi connectivity index (χ3v) is 6.37. The molecule has 1 saturated carbocycles. The van der Waals surface area contributed by atoms with Gasteiger partial charge in [0.15, 0.2) is 0 Å². The van der Waals surface area contributed by atoms with Gasteiger partial charge in [0.05, 0.1) is 5.60 Å². The molecule has 1 N–H and O–H groups in total. The van der Waals surface area contributed by atoms with Crippen molar-refractivity contribution in [2.45, 2.75) is 77.7 Å². The van der Waals surface area contributed by atoms with Crippen molar-refractivity contribution in [2.24, 2.45) is 5.92 Å².